The first-order valence-electron chi connectivity index (χ1n) is 10.6. The molecule has 2 fully saturated rings. The minimum Gasteiger partial charge on any atom is -0.484 e. The van der Waals surface area contributed by atoms with E-state index >= 15 is 0 Å². The molecule has 0 bridgehead atoms. The number of piperidine rings is 1. The Balaban J connectivity index is 1.42. The number of rotatable bonds is 6. The first-order chi connectivity index (χ1) is 14.4. The van der Waals surface area contributed by atoms with Gasteiger partial charge in [-0.25, -0.2) is 0 Å². The fourth-order valence-corrected chi connectivity index (χ4v) is 3.66. The number of carbonyl (C=O) groups excluding carboxylic acids is 3. The van der Waals surface area contributed by atoms with Crippen LogP contribution in [-0.2, 0) is 19.1 Å². The average Bonchev–Trinajstić information content (AvgIpc) is 2.78. The molecule has 0 radical (unpaired) electrons. The van der Waals surface area contributed by atoms with Crippen molar-refractivity contribution >= 4 is 23.4 Å². The van der Waals surface area contributed by atoms with E-state index in [0.717, 1.165) is 0 Å². The summed E-state index contributed by atoms with van der Waals surface area (Å²) in [7, 11) is 0. The van der Waals surface area contributed by atoms with Crippen LogP contribution in [0.1, 0.15) is 26.7 Å². The Morgan fingerprint density at radius 1 is 1.03 bits per heavy atom. The molecular formula is C22H31N3O5. The summed E-state index contributed by atoms with van der Waals surface area (Å²) in [6.45, 7) is 7.34. The van der Waals surface area contributed by atoms with E-state index in [9.17, 15) is 14.4 Å². The Hall–Kier alpha value is -2.61. The Morgan fingerprint density at radius 2 is 1.67 bits per heavy atom. The van der Waals surface area contributed by atoms with E-state index in [4.69, 9.17) is 9.47 Å². The Bertz CT molecular complexity index is 736. The second kappa shape index (κ2) is 10.4. The standard InChI is InChI=1S/C22H31N3O5/c1-16(2)22(28)25-9-7-17(8-10-25)21(27)23-18-3-5-19(6-4-18)30-15-20(26)24-11-13-29-14-12-24/h3-6,16-17H,7-15H2,1-2H3,(H,23,27). The van der Waals surface area contributed by atoms with Crippen molar-refractivity contribution in [2.75, 3.05) is 51.3 Å². The van der Waals surface area contributed by atoms with Crippen LogP contribution in [-0.4, -0.2) is 73.5 Å². The molecule has 1 aromatic rings. The van der Waals surface area contributed by atoms with Crippen LogP contribution in [0.25, 0.3) is 0 Å². The van der Waals surface area contributed by atoms with Crippen molar-refractivity contribution in [2.24, 2.45) is 11.8 Å². The molecule has 8 nitrogen and oxygen atoms in total. The Labute approximate surface area is 177 Å². The van der Waals surface area contributed by atoms with Crippen LogP contribution in [0, 0.1) is 11.8 Å². The lowest BCUT2D eigenvalue weighted by Crippen LogP contribution is -2.43. The Kier molecular flexibility index (Phi) is 7.68. The molecule has 2 heterocycles. The lowest BCUT2D eigenvalue weighted by atomic mass is 9.95. The number of nitrogens with zero attached hydrogens (tertiary/aromatic N) is 2. The molecule has 0 spiro atoms. The van der Waals surface area contributed by atoms with Gasteiger partial charge >= 0.3 is 0 Å². The highest BCUT2D eigenvalue weighted by atomic mass is 16.5. The zero-order valence-electron chi connectivity index (χ0n) is 17.8. The summed E-state index contributed by atoms with van der Waals surface area (Å²) in [5.74, 6) is 0.538. The molecule has 2 aliphatic heterocycles. The first-order valence-corrected chi connectivity index (χ1v) is 10.6. The average molecular weight is 418 g/mol. The lowest BCUT2D eigenvalue weighted by Gasteiger charge is -2.32. The van der Waals surface area contributed by atoms with Gasteiger partial charge in [-0.2, -0.15) is 0 Å². The molecule has 0 unspecified atom stereocenters. The van der Waals surface area contributed by atoms with Crippen LogP contribution in [0.5, 0.6) is 5.75 Å². The largest absolute Gasteiger partial charge is 0.484 e. The molecule has 8 heteroatoms. The minimum atomic E-state index is -0.0942. The van der Waals surface area contributed by atoms with Crippen LogP contribution in [0.2, 0.25) is 0 Å². The van der Waals surface area contributed by atoms with Gasteiger partial charge in [-0.3, -0.25) is 14.4 Å². The number of amides is 3. The van der Waals surface area contributed by atoms with Crippen molar-refractivity contribution in [3.8, 4) is 5.75 Å². The summed E-state index contributed by atoms with van der Waals surface area (Å²) >= 11 is 0. The maximum atomic E-state index is 12.5. The van der Waals surface area contributed by atoms with E-state index in [0.29, 0.717) is 63.7 Å². The lowest BCUT2D eigenvalue weighted by molar-refractivity contribution is -0.137. The normalized spacial score (nSPS) is 17.7. The summed E-state index contributed by atoms with van der Waals surface area (Å²) in [5.41, 5.74) is 0.688. The van der Waals surface area contributed by atoms with Gasteiger partial charge in [-0.15, -0.1) is 0 Å². The fraction of sp³-hybridized carbons (Fsp3) is 0.591. The topological polar surface area (TPSA) is 88.2 Å². The minimum absolute atomic E-state index is 0.0136. The molecule has 1 aromatic carbocycles. The number of morpholine rings is 1. The maximum Gasteiger partial charge on any atom is 0.260 e. The summed E-state index contributed by atoms with van der Waals surface area (Å²) in [6, 6.07) is 7.02. The smallest absolute Gasteiger partial charge is 0.260 e. The van der Waals surface area contributed by atoms with Crippen LogP contribution >= 0.6 is 0 Å². The quantitative estimate of drug-likeness (QED) is 0.762. The molecule has 3 rings (SSSR count). The summed E-state index contributed by atoms with van der Waals surface area (Å²) in [6.07, 6.45) is 1.35. The number of nitrogens with one attached hydrogen (secondary N) is 1. The van der Waals surface area contributed by atoms with Crippen molar-refractivity contribution in [3.63, 3.8) is 0 Å². The predicted octanol–water partition coefficient (Wildman–Crippen LogP) is 1.76. The highest BCUT2D eigenvalue weighted by molar-refractivity contribution is 5.92. The second-order valence-electron chi connectivity index (χ2n) is 8.05. The van der Waals surface area contributed by atoms with Gasteiger partial charge in [-0.1, -0.05) is 13.8 Å². The van der Waals surface area contributed by atoms with Crippen molar-refractivity contribution < 1.29 is 23.9 Å². The number of hydrogen-bond donors (Lipinski definition) is 1. The first kappa shape index (κ1) is 22.1. The van der Waals surface area contributed by atoms with Gasteiger partial charge in [0.25, 0.3) is 5.91 Å². The van der Waals surface area contributed by atoms with Gasteiger partial charge in [0.05, 0.1) is 13.2 Å². The highest BCUT2D eigenvalue weighted by Crippen LogP contribution is 2.22. The molecule has 0 aliphatic carbocycles. The van der Waals surface area contributed by atoms with Gasteiger partial charge in [-0.05, 0) is 37.1 Å². The Morgan fingerprint density at radius 3 is 2.27 bits per heavy atom. The van der Waals surface area contributed by atoms with E-state index in [2.05, 4.69) is 5.32 Å². The number of carbonyl (C=O) groups is 3. The SMILES string of the molecule is CC(C)C(=O)N1CCC(C(=O)Nc2ccc(OCC(=O)N3CCOCC3)cc2)CC1. The maximum absolute atomic E-state index is 12.5. The van der Waals surface area contributed by atoms with Crippen molar-refractivity contribution in [2.45, 2.75) is 26.7 Å². The van der Waals surface area contributed by atoms with E-state index in [-0.39, 0.29) is 36.2 Å². The summed E-state index contributed by atoms with van der Waals surface area (Å²) in [4.78, 5) is 40.3. The van der Waals surface area contributed by atoms with Crippen LogP contribution < -0.4 is 10.1 Å². The molecular weight excluding hydrogens is 386 g/mol. The van der Waals surface area contributed by atoms with Gasteiger partial charge in [0, 0.05) is 43.7 Å². The zero-order chi connectivity index (χ0) is 21.5. The molecule has 0 saturated carbocycles. The molecule has 1 N–H and O–H groups in total. The van der Waals surface area contributed by atoms with E-state index < -0.39 is 0 Å². The van der Waals surface area contributed by atoms with Gasteiger partial charge in [0.15, 0.2) is 6.61 Å². The molecule has 0 atom stereocenters. The third-order valence-corrected chi connectivity index (χ3v) is 5.52. The van der Waals surface area contributed by atoms with Crippen LogP contribution in [0.4, 0.5) is 5.69 Å². The zero-order valence-corrected chi connectivity index (χ0v) is 17.8. The molecule has 2 saturated heterocycles. The number of benzene rings is 1. The number of hydrogen-bond acceptors (Lipinski definition) is 5. The summed E-state index contributed by atoms with van der Waals surface area (Å²) in [5, 5.41) is 2.94. The van der Waals surface area contributed by atoms with E-state index in [1.165, 1.54) is 0 Å². The van der Waals surface area contributed by atoms with E-state index in [1.54, 1.807) is 29.2 Å². The third kappa shape index (κ3) is 5.95. The number of ether oxygens (including phenoxy) is 2. The number of likely N-dealkylation sites (tertiary alicyclic amines) is 1. The second-order valence-corrected chi connectivity index (χ2v) is 8.05. The molecule has 0 aromatic heterocycles. The fourth-order valence-electron chi connectivity index (χ4n) is 3.66. The molecule has 2 aliphatic rings. The predicted molar refractivity (Wildman–Crippen MR) is 112 cm³/mol. The van der Waals surface area contributed by atoms with E-state index in [1.807, 2.05) is 18.7 Å². The van der Waals surface area contributed by atoms with Crippen LogP contribution in [0.15, 0.2) is 24.3 Å². The van der Waals surface area contributed by atoms with Gasteiger partial charge in [0.2, 0.25) is 11.8 Å². The monoisotopic (exact) mass is 417 g/mol. The number of anilines is 1. The molecule has 3 amide bonds. The van der Waals surface area contributed by atoms with Crippen molar-refractivity contribution in [3.05, 3.63) is 24.3 Å². The highest BCUT2D eigenvalue weighted by Gasteiger charge is 2.28. The van der Waals surface area contributed by atoms with Crippen molar-refractivity contribution in [1.29, 1.82) is 0 Å². The molecule has 164 valence electrons. The third-order valence-electron chi connectivity index (χ3n) is 5.52. The summed E-state index contributed by atoms with van der Waals surface area (Å²) < 4.78 is 10.8. The van der Waals surface area contributed by atoms with Crippen molar-refractivity contribution in [1.82, 2.24) is 9.80 Å². The van der Waals surface area contributed by atoms with Gasteiger partial charge < -0.3 is 24.6 Å². The van der Waals surface area contributed by atoms with Crippen LogP contribution in [0.3, 0.4) is 0 Å². The molecule has 30 heavy (non-hydrogen) atoms. The van der Waals surface area contributed by atoms with Gasteiger partial charge in [0.1, 0.15) is 5.75 Å².